The molecule has 0 N–H and O–H groups in total. The molecule has 0 fully saturated rings. The molecule has 146 valence electrons. The highest BCUT2D eigenvalue weighted by Crippen LogP contribution is 2.26. The third-order valence-corrected chi connectivity index (χ3v) is 4.52. The molecule has 0 radical (unpaired) electrons. The normalized spacial score (nSPS) is 10.6. The summed E-state index contributed by atoms with van der Waals surface area (Å²) in [5.41, 5.74) is 1.15. The first-order valence-electron chi connectivity index (χ1n) is 8.58. The lowest BCUT2D eigenvalue weighted by Crippen LogP contribution is -2.29. The summed E-state index contributed by atoms with van der Waals surface area (Å²) < 4.78 is 15.7. The van der Waals surface area contributed by atoms with Gasteiger partial charge in [0.15, 0.2) is 5.82 Å². The lowest BCUT2D eigenvalue weighted by Gasteiger charge is -2.17. The standard InChI is InChI=1S/C20H20ClN3O4/c1-24(20(25)13-10-14(26-2)12-15(11-13)27-3)9-8-18-22-19(28-23-18)16-6-4-5-7-17(16)21/h4-7,10-12H,8-9H2,1-3H3. The Balaban J connectivity index is 1.67. The fourth-order valence-electron chi connectivity index (χ4n) is 2.62. The van der Waals surface area contributed by atoms with Gasteiger partial charge in [0, 0.05) is 31.6 Å². The summed E-state index contributed by atoms with van der Waals surface area (Å²) in [6.45, 7) is 0.417. The van der Waals surface area contributed by atoms with Crippen molar-refractivity contribution in [3.63, 3.8) is 0 Å². The van der Waals surface area contributed by atoms with Crippen LogP contribution in [0, 0.1) is 0 Å². The van der Waals surface area contributed by atoms with E-state index in [1.54, 1.807) is 50.4 Å². The molecule has 0 aliphatic rings. The quantitative estimate of drug-likeness (QED) is 0.600. The predicted octanol–water partition coefficient (Wildman–Crippen LogP) is 3.72. The van der Waals surface area contributed by atoms with Crippen molar-refractivity contribution in [2.45, 2.75) is 6.42 Å². The summed E-state index contributed by atoms with van der Waals surface area (Å²) in [5.74, 6) is 1.80. The Hall–Kier alpha value is -3.06. The fourth-order valence-corrected chi connectivity index (χ4v) is 2.84. The maximum Gasteiger partial charge on any atom is 0.259 e. The van der Waals surface area contributed by atoms with Crippen LogP contribution in [0.2, 0.25) is 5.02 Å². The van der Waals surface area contributed by atoms with Crippen LogP contribution in [-0.2, 0) is 6.42 Å². The predicted molar refractivity (Wildman–Crippen MR) is 105 cm³/mol. The van der Waals surface area contributed by atoms with Gasteiger partial charge in [-0.2, -0.15) is 4.98 Å². The van der Waals surface area contributed by atoms with Gasteiger partial charge in [-0.1, -0.05) is 28.9 Å². The van der Waals surface area contributed by atoms with E-state index in [0.29, 0.717) is 52.3 Å². The molecule has 28 heavy (non-hydrogen) atoms. The maximum atomic E-state index is 12.7. The Kier molecular flexibility index (Phi) is 6.16. The summed E-state index contributed by atoms with van der Waals surface area (Å²) >= 11 is 6.15. The lowest BCUT2D eigenvalue weighted by molar-refractivity contribution is 0.0795. The van der Waals surface area contributed by atoms with E-state index in [1.165, 1.54) is 0 Å². The molecule has 2 aromatic carbocycles. The van der Waals surface area contributed by atoms with Crippen LogP contribution in [-0.4, -0.2) is 48.8 Å². The molecule has 0 unspecified atom stereocenters. The molecule has 3 aromatic rings. The Bertz CT molecular complexity index is 951. The van der Waals surface area contributed by atoms with Crippen LogP contribution in [0.15, 0.2) is 47.0 Å². The number of amides is 1. The Morgan fingerprint density at radius 2 is 1.82 bits per heavy atom. The monoisotopic (exact) mass is 401 g/mol. The first kappa shape index (κ1) is 19.7. The molecule has 0 saturated heterocycles. The molecule has 0 bridgehead atoms. The summed E-state index contributed by atoms with van der Waals surface area (Å²) in [6.07, 6.45) is 0.442. The molecule has 0 saturated carbocycles. The van der Waals surface area contributed by atoms with E-state index in [0.717, 1.165) is 0 Å². The largest absolute Gasteiger partial charge is 0.497 e. The third-order valence-electron chi connectivity index (χ3n) is 4.19. The van der Waals surface area contributed by atoms with E-state index in [1.807, 2.05) is 18.2 Å². The minimum Gasteiger partial charge on any atom is -0.497 e. The van der Waals surface area contributed by atoms with Crippen LogP contribution in [0.5, 0.6) is 11.5 Å². The molecular formula is C20H20ClN3O4. The van der Waals surface area contributed by atoms with Crippen LogP contribution < -0.4 is 9.47 Å². The van der Waals surface area contributed by atoms with Crippen LogP contribution >= 0.6 is 11.6 Å². The van der Waals surface area contributed by atoms with Gasteiger partial charge in [0.1, 0.15) is 11.5 Å². The molecule has 1 amide bonds. The average Bonchev–Trinajstić information content (AvgIpc) is 3.20. The second kappa shape index (κ2) is 8.75. The smallest absolute Gasteiger partial charge is 0.259 e. The average molecular weight is 402 g/mol. The molecule has 0 aliphatic carbocycles. The number of likely N-dealkylation sites (N-methyl/N-ethyl adjacent to an activating group) is 1. The molecule has 3 rings (SSSR count). The van der Waals surface area contributed by atoms with Gasteiger partial charge in [0.2, 0.25) is 0 Å². The maximum absolute atomic E-state index is 12.7. The van der Waals surface area contributed by atoms with Crippen LogP contribution in [0.1, 0.15) is 16.2 Å². The number of aromatic nitrogens is 2. The zero-order valence-corrected chi connectivity index (χ0v) is 16.6. The van der Waals surface area contributed by atoms with Gasteiger partial charge in [0.05, 0.1) is 24.8 Å². The topological polar surface area (TPSA) is 77.7 Å². The molecule has 0 atom stereocenters. The van der Waals surface area contributed by atoms with E-state index in [9.17, 15) is 4.79 Å². The zero-order valence-electron chi connectivity index (χ0n) is 15.8. The van der Waals surface area contributed by atoms with Crippen molar-refractivity contribution in [1.82, 2.24) is 15.0 Å². The lowest BCUT2D eigenvalue weighted by atomic mass is 10.1. The number of carbonyl (C=O) groups excluding carboxylic acids is 1. The van der Waals surface area contributed by atoms with Gasteiger partial charge in [-0.25, -0.2) is 0 Å². The van der Waals surface area contributed by atoms with Gasteiger partial charge < -0.3 is 18.9 Å². The second-order valence-corrected chi connectivity index (χ2v) is 6.48. The Labute approximate surface area is 167 Å². The Morgan fingerprint density at radius 1 is 1.14 bits per heavy atom. The molecule has 1 aromatic heterocycles. The summed E-state index contributed by atoms with van der Waals surface area (Å²) in [4.78, 5) is 18.6. The van der Waals surface area contributed by atoms with E-state index in [2.05, 4.69) is 10.1 Å². The van der Waals surface area contributed by atoms with Crippen molar-refractivity contribution in [3.8, 4) is 23.0 Å². The van der Waals surface area contributed by atoms with Gasteiger partial charge in [0.25, 0.3) is 11.8 Å². The van der Waals surface area contributed by atoms with E-state index >= 15 is 0 Å². The fraction of sp³-hybridized carbons (Fsp3) is 0.250. The highest BCUT2D eigenvalue weighted by Gasteiger charge is 2.16. The van der Waals surface area contributed by atoms with E-state index < -0.39 is 0 Å². The number of nitrogens with zero attached hydrogens (tertiary/aromatic N) is 3. The minimum absolute atomic E-state index is 0.160. The van der Waals surface area contributed by atoms with Gasteiger partial charge in [-0.05, 0) is 24.3 Å². The van der Waals surface area contributed by atoms with Crippen molar-refractivity contribution in [3.05, 3.63) is 58.9 Å². The van der Waals surface area contributed by atoms with Crippen molar-refractivity contribution < 1.29 is 18.8 Å². The van der Waals surface area contributed by atoms with Crippen LogP contribution in [0.25, 0.3) is 11.5 Å². The minimum atomic E-state index is -0.160. The number of hydrogen-bond donors (Lipinski definition) is 0. The van der Waals surface area contributed by atoms with E-state index in [4.69, 9.17) is 25.6 Å². The number of ether oxygens (including phenoxy) is 2. The molecule has 1 heterocycles. The van der Waals surface area contributed by atoms with Gasteiger partial charge in [-0.15, -0.1) is 0 Å². The molecule has 8 heteroatoms. The zero-order chi connectivity index (χ0) is 20.1. The first-order chi connectivity index (χ1) is 13.5. The number of carbonyl (C=O) groups is 1. The van der Waals surface area contributed by atoms with Gasteiger partial charge >= 0.3 is 0 Å². The molecule has 0 aliphatic heterocycles. The van der Waals surface area contributed by atoms with Crippen LogP contribution in [0.3, 0.4) is 0 Å². The van der Waals surface area contributed by atoms with Gasteiger partial charge in [-0.3, -0.25) is 4.79 Å². The molecule has 0 spiro atoms. The van der Waals surface area contributed by atoms with Crippen molar-refractivity contribution in [2.75, 3.05) is 27.8 Å². The highest BCUT2D eigenvalue weighted by atomic mass is 35.5. The summed E-state index contributed by atoms with van der Waals surface area (Å²) in [6, 6.07) is 12.3. The van der Waals surface area contributed by atoms with Crippen LogP contribution in [0.4, 0.5) is 0 Å². The number of halogens is 1. The number of benzene rings is 2. The number of rotatable bonds is 7. The highest BCUT2D eigenvalue weighted by molar-refractivity contribution is 6.33. The number of methoxy groups -OCH3 is 2. The Morgan fingerprint density at radius 3 is 2.46 bits per heavy atom. The summed E-state index contributed by atoms with van der Waals surface area (Å²) in [5, 5.41) is 4.51. The van der Waals surface area contributed by atoms with Crippen molar-refractivity contribution >= 4 is 17.5 Å². The third kappa shape index (κ3) is 4.43. The SMILES string of the molecule is COc1cc(OC)cc(C(=O)N(C)CCc2noc(-c3ccccc3Cl)n2)c1. The van der Waals surface area contributed by atoms with Crippen molar-refractivity contribution in [2.24, 2.45) is 0 Å². The first-order valence-corrected chi connectivity index (χ1v) is 8.95. The number of hydrogen-bond acceptors (Lipinski definition) is 6. The van der Waals surface area contributed by atoms with E-state index in [-0.39, 0.29) is 5.91 Å². The summed E-state index contributed by atoms with van der Waals surface area (Å²) in [7, 11) is 4.79. The second-order valence-electron chi connectivity index (χ2n) is 6.07. The molecular weight excluding hydrogens is 382 g/mol. The molecule has 7 nitrogen and oxygen atoms in total. The van der Waals surface area contributed by atoms with Crippen molar-refractivity contribution in [1.29, 1.82) is 0 Å².